The normalized spacial score (nSPS) is 15.0. The number of hydrogen-bond acceptors (Lipinski definition) is 5. The van der Waals surface area contributed by atoms with Crippen molar-refractivity contribution in [2.45, 2.75) is 0 Å². The second-order valence-electron chi connectivity index (χ2n) is 6.11. The van der Waals surface area contributed by atoms with Gasteiger partial charge in [0.25, 0.3) is 0 Å². The lowest BCUT2D eigenvalue weighted by Gasteiger charge is -2.28. The van der Waals surface area contributed by atoms with Crippen molar-refractivity contribution in [2.24, 2.45) is 0 Å². The minimum Gasteiger partial charge on any atom is -0.444 e. The van der Waals surface area contributed by atoms with E-state index in [1.165, 1.54) is 0 Å². The van der Waals surface area contributed by atoms with Gasteiger partial charge in [0.2, 0.25) is 5.89 Å². The predicted octanol–water partition coefficient (Wildman–Crippen LogP) is 3.45. The third-order valence-electron chi connectivity index (χ3n) is 4.45. The van der Waals surface area contributed by atoms with E-state index in [1.807, 2.05) is 24.3 Å². The summed E-state index contributed by atoms with van der Waals surface area (Å²) in [5.41, 5.74) is 4.23. The molecular weight excluding hydrogens is 346 g/mol. The summed E-state index contributed by atoms with van der Waals surface area (Å²) in [5, 5.41) is 9.02. The minimum absolute atomic E-state index is 0.500. The van der Waals surface area contributed by atoms with Crippen molar-refractivity contribution >= 4 is 16.5 Å². The van der Waals surface area contributed by atoms with E-state index < -0.39 is 10.8 Å². The van der Waals surface area contributed by atoms with Crippen molar-refractivity contribution in [1.82, 2.24) is 4.98 Å². The van der Waals surface area contributed by atoms with Gasteiger partial charge in [0.05, 0.1) is 11.6 Å². The van der Waals surface area contributed by atoms with Gasteiger partial charge in [-0.05, 0) is 30.3 Å². The lowest BCUT2D eigenvalue weighted by Crippen LogP contribution is -2.37. The highest BCUT2D eigenvalue weighted by Gasteiger charge is 2.16. The maximum Gasteiger partial charge on any atom is 0.226 e. The monoisotopic (exact) mass is 363 g/mol. The molecule has 130 valence electrons. The fraction of sp³-hybridized carbons (Fsp3) is 0.200. The summed E-state index contributed by atoms with van der Waals surface area (Å²) in [6.07, 6.45) is 1.63. The van der Waals surface area contributed by atoms with Gasteiger partial charge in [-0.3, -0.25) is 4.21 Å². The topological polar surface area (TPSA) is 70.1 Å². The summed E-state index contributed by atoms with van der Waals surface area (Å²) in [6.45, 7) is 1.66. The number of benzene rings is 2. The van der Waals surface area contributed by atoms with E-state index in [2.05, 4.69) is 28.1 Å². The van der Waals surface area contributed by atoms with Crippen LogP contribution in [0.1, 0.15) is 5.56 Å². The molecule has 4 rings (SSSR count). The Morgan fingerprint density at radius 2 is 1.85 bits per heavy atom. The van der Waals surface area contributed by atoms with Gasteiger partial charge in [-0.15, -0.1) is 0 Å². The first kappa shape index (κ1) is 16.6. The molecule has 1 aliphatic rings. The zero-order valence-corrected chi connectivity index (χ0v) is 14.9. The average Bonchev–Trinajstić information content (AvgIpc) is 3.19. The third kappa shape index (κ3) is 3.39. The molecule has 0 radical (unpaired) electrons. The molecule has 0 N–H and O–H groups in total. The first-order valence-electron chi connectivity index (χ1n) is 8.39. The maximum atomic E-state index is 11.5. The summed E-state index contributed by atoms with van der Waals surface area (Å²) in [6, 6.07) is 17.5. The molecule has 1 saturated heterocycles. The lowest BCUT2D eigenvalue weighted by atomic mass is 10.1. The van der Waals surface area contributed by atoms with Crippen LogP contribution in [-0.2, 0) is 10.8 Å². The minimum atomic E-state index is -0.671. The molecule has 0 unspecified atom stereocenters. The first-order valence-corrected chi connectivity index (χ1v) is 9.88. The Kier molecular flexibility index (Phi) is 4.55. The van der Waals surface area contributed by atoms with Gasteiger partial charge in [-0.2, -0.15) is 5.26 Å². The number of anilines is 1. The van der Waals surface area contributed by atoms with E-state index in [0.29, 0.717) is 11.5 Å². The molecule has 0 atom stereocenters. The molecule has 1 aliphatic heterocycles. The number of oxazole rings is 1. The quantitative estimate of drug-likeness (QED) is 0.713. The van der Waals surface area contributed by atoms with E-state index in [1.54, 1.807) is 18.4 Å². The molecule has 3 aromatic rings. The smallest absolute Gasteiger partial charge is 0.226 e. The van der Waals surface area contributed by atoms with Crippen LogP contribution in [0.3, 0.4) is 0 Å². The second kappa shape index (κ2) is 7.14. The zero-order valence-electron chi connectivity index (χ0n) is 14.1. The molecule has 1 fully saturated rings. The summed E-state index contributed by atoms with van der Waals surface area (Å²) < 4.78 is 17.1. The van der Waals surface area contributed by atoms with E-state index >= 15 is 0 Å². The van der Waals surface area contributed by atoms with E-state index in [4.69, 9.17) is 9.68 Å². The molecule has 5 nitrogen and oxygen atoms in total. The molecular formula is C20H17N3O2S. The Labute approximate surface area is 154 Å². The molecule has 0 bridgehead atoms. The number of nitriles is 1. The zero-order chi connectivity index (χ0) is 17.9. The van der Waals surface area contributed by atoms with Crippen LogP contribution >= 0.6 is 0 Å². The molecule has 0 spiro atoms. The number of aromatic nitrogens is 1. The second-order valence-corrected chi connectivity index (χ2v) is 7.81. The van der Waals surface area contributed by atoms with Crippen molar-refractivity contribution < 1.29 is 8.63 Å². The van der Waals surface area contributed by atoms with Crippen molar-refractivity contribution in [3.05, 3.63) is 60.4 Å². The van der Waals surface area contributed by atoms with Gasteiger partial charge in [0.15, 0.2) is 0 Å². The summed E-state index contributed by atoms with van der Waals surface area (Å²) in [5.74, 6) is 1.96. The van der Waals surface area contributed by atoms with Gasteiger partial charge in [-0.1, -0.05) is 18.2 Å². The molecule has 0 amide bonds. The molecule has 26 heavy (non-hydrogen) atoms. The van der Waals surface area contributed by atoms with Crippen LogP contribution in [0, 0.1) is 11.3 Å². The van der Waals surface area contributed by atoms with Crippen LogP contribution in [0.25, 0.3) is 22.7 Å². The Balaban J connectivity index is 1.54. The Morgan fingerprint density at radius 1 is 1.08 bits per heavy atom. The highest BCUT2D eigenvalue weighted by atomic mass is 32.2. The van der Waals surface area contributed by atoms with Gasteiger partial charge in [0.1, 0.15) is 12.0 Å². The molecule has 6 heteroatoms. The molecule has 0 saturated carbocycles. The van der Waals surface area contributed by atoms with Crippen molar-refractivity contribution in [3.63, 3.8) is 0 Å². The summed E-state index contributed by atoms with van der Waals surface area (Å²) >= 11 is 0. The van der Waals surface area contributed by atoms with Crippen molar-refractivity contribution in [2.75, 3.05) is 29.5 Å². The van der Waals surface area contributed by atoms with Crippen LogP contribution in [-0.4, -0.2) is 33.8 Å². The Morgan fingerprint density at radius 3 is 2.58 bits per heavy atom. The largest absolute Gasteiger partial charge is 0.444 e. The van der Waals surface area contributed by atoms with Gasteiger partial charge < -0.3 is 9.32 Å². The van der Waals surface area contributed by atoms with Gasteiger partial charge in [-0.25, -0.2) is 4.98 Å². The van der Waals surface area contributed by atoms with Crippen LogP contribution in [0.5, 0.6) is 0 Å². The molecule has 0 aliphatic carbocycles. The fourth-order valence-corrected chi connectivity index (χ4v) is 4.05. The van der Waals surface area contributed by atoms with Crippen LogP contribution in [0.15, 0.2) is 59.2 Å². The molecule has 2 heterocycles. The van der Waals surface area contributed by atoms with Crippen LogP contribution in [0.4, 0.5) is 5.69 Å². The van der Waals surface area contributed by atoms with E-state index in [-0.39, 0.29) is 0 Å². The van der Waals surface area contributed by atoms with Crippen LogP contribution < -0.4 is 4.90 Å². The first-order chi connectivity index (χ1) is 12.7. The van der Waals surface area contributed by atoms with Crippen molar-refractivity contribution in [3.8, 4) is 28.8 Å². The molecule has 2 aromatic carbocycles. The molecule has 1 aromatic heterocycles. The van der Waals surface area contributed by atoms with E-state index in [9.17, 15) is 4.21 Å². The standard InChI is InChI=1S/C20H17N3O2S/c21-13-15-2-1-3-17(12-15)20-22-19(14-25-20)16-4-6-18(7-5-16)23-8-10-26(24)11-9-23/h1-7,12,14H,8-11H2. The number of nitrogens with zero attached hydrogens (tertiary/aromatic N) is 3. The van der Waals surface area contributed by atoms with E-state index in [0.717, 1.165) is 47.1 Å². The highest BCUT2D eigenvalue weighted by molar-refractivity contribution is 7.85. The average molecular weight is 363 g/mol. The fourth-order valence-electron chi connectivity index (χ4n) is 3.00. The van der Waals surface area contributed by atoms with Gasteiger partial charge in [0, 0.05) is 52.2 Å². The lowest BCUT2D eigenvalue weighted by molar-refractivity contribution is 0.575. The SMILES string of the molecule is N#Cc1cccc(-c2nc(-c3ccc(N4CCS(=O)CC4)cc3)co2)c1. The Bertz CT molecular complexity index is 979. The van der Waals surface area contributed by atoms with Crippen LogP contribution in [0.2, 0.25) is 0 Å². The Hall–Kier alpha value is -2.91. The van der Waals surface area contributed by atoms with Gasteiger partial charge >= 0.3 is 0 Å². The summed E-state index contributed by atoms with van der Waals surface area (Å²) in [4.78, 5) is 6.81. The maximum absolute atomic E-state index is 11.5. The predicted molar refractivity (Wildman–Crippen MR) is 102 cm³/mol. The number of rotatable bonds is 3. The highest BCUT2D eigenvalue weighted by Crippen LogP contribution is 2.27. The third-order valence-corrected chi connectivity index (χ3v) is 5.72. The van der Waals surface area contributed by atoms with Crippen molar-refractivity contribution in [1.29, 1.82) is 5.26 Å². The number of hydrogen-bond donors (Lipinski definition) is 0. The summed E-state index contributed by atoms with van der Waals surface area (Å²) in [7, 11) is -0.671.